The van der Waals surface area contributed by atoms with Crippen LogP contribution in [0.5, 0.6) is 0 Å². The quantitative estimate of drug-likeness (QED) is 0.384. The highest BCUT2D eigenvalue weighted by atomic mass is 127. The maximum atomic E-state index is 5.68. The normalized spacial score (nSPS) is 25.6. The van der Waals surface area contributed by atoms with Crippen LogP contribution in [0.4, 0.5) is 0 Å². The molecule has 1 aliphatic rings. The molecule has 5 nitrogen and oxygen atoms in total. The number of thiazole rings is 1. The van der Waals surface area contributed by atoms with Crippen molar-refractivity contribution >= 4 is 41.3 Å². The van der Waals surface area contributed by atoms with Gasteiger partial charge < -0.3 is 15.4 Å². The van der Waals surface area contributed by atoms with E-state index in [1.165, 1.54) is 9.88 Å². The minimum atomic E-state index is -0.0685. The maximum Gasteiger partial charge on any atom is 0.191 e. The molecule has 1 aromatic rings. The van der Waals surface area contributed by atoms with Crippen molar-refractivity contribution in [2.24, 2.45) is 10.4 Å². The molecule has 0 radical (unpaired) electrons. The Hall–Kier alpha value is -0.410. The fraction of sp³-hybridized carbons (Fsp3) is 0.765. The molecule has 1 saturated carbocycles. The fourth-order valence-electron chi connectivity index (χ4n) is 3.00. The Bertz CT molecular complexity index is 561. The first-order valence-corrected chi connectivity index (χ1v) is 9.14. The van der Waals surface area contributed by atoms with Crippen molar-refractivity contribution in [3.63, 3.8) is 0 Å². The molecule has 1 heterocycles. The molecule has 0 aliphatic heterocycles. The second-order valence-corrected chi connectivity index (χ2v) is 8.08. The smallest absolute Gasteiger partial charge is 0.191 e. The molecule has 0 amide bonds. The second kappa shape index (κ2) is 8.80. The van der Waals surface area contributed by atoms with E-state index in [9.17, 15) is 0 Å². The number of nitrogens with one attached hydrogen (secondary N) is 2. The van der Waals surface area contributed by atoms with E-state index in [-0.39, 0.29) is 35.0 Å². The Morgan fingerprint density at radius 1 is 1.46 bits per heavy atom. The molecule has 1 fully saturated rings. The maximum absolute atomic E-state index is 5.68. The van der Waals surface area contributed by atoms with E-state index in [1.54, 1.807) is 18.4 Å². The zero-order chi connectivity index (χ0) is 17.1. The summed E-state index contributed by atoms with van der Waals surface area (Å²) in [5.41, 5.74) is 0.00562. The number of nitrogens with zero attached hydrogens (tertiary/aromatic N) is 2. The number of aliphatic imine (C=N–C) groups is 1. The van der Waals surface area contributed by atoms with Crippen LogP contribution in [0.2, 0.25) is 0 Å². The van der Waals surface area contributed by atoms with Crippen molar-refractivity contribution in [3.05, 3.63) is 16.1 Å². The van der Waals surface area contributed by atoms with Crippen LogP contribution in [0, 0.1) is 5.41 Å². The average Bonchev–Trinajstić information content (AvgIpc) is 3.00. The number of methoxy groups -OCH3 is 1. The van der Waals surface area contributed by atoms with Crippen molar-refractivity contribution in [3.8, 4) is 0 Å². The zero-order valence-corrected chi connectivity index (χ0v) is 18.7. The van der Waals surface area contributed by atoms with Crippen LogP contribution in [-0.4, -0.2) is 43.3 Å². The first kappa shape index (κ1) is 21.6. The van der Waals surface area contributed by atoms with Crippen molar-refractivity contribution in [1.82, 2.24) is 15.6 Å². The molecule has 24 heavy (non-hydrogen) atoms. The molecule has 1 aromatic heterocycles. The Balaban J connectivity index is 0.00000288. The van der Waals surface area contributed by atoms with Crippen LogP contribution in [0.15, 0.2) is 11.2 Å². The minimum Gasteiger partial charge on any atom is -0.378 e. The molecule has 0 bridgehead atoms. The molecule has 2 atom stereocenters. The first-order valence-electron chi connectivity index (χ1n) is 8.32. The molecule has 0 aromatic carbocycles. The fourth-order valence-corrected chi connectivity index (χ4v) is 3.86. The van der Waals surface area contributed by atoms with Gasteiger partial charge in [0, 0.05) is 49.7 Å². The standard InChI is InChI=1S/C17H30N4OS.HI/c1-7-12-11-20-14(23-12)8-9-19-15(18-5)21-13-10-17(4,22-6)16(13,2)3;/h11,13H,7-10H2,1-6H3,(H2,18,19,21);1H. The molecular weight excluding hydrogens is 435 g/mol. The monoisotopic (exact) mass is 466 g/mol. The summed E-state index contributed by atoms with van der Waals surface area (Å²) < 4.78 is 5.68. The van der Waals surface area contributed by atoms with Crippen LogP contribution in [0.25, 0.3) is 0 Å². The van der Waals surface area contributed by atoms with E-state index in [2.05, 4.69) is 48.3 Å². The lowest BCUT2D eigenvalue weighted by Gasteiger charge is -2.59. The van der Waals surface area contributed by atoms with Crippen LogP contribution >= 0.6 is 35.3 Å². The van der Waals surface area contributed by atoms with Gasteiger partial charge >= 0.3 is 0 Å². The summed E-state index contributed by atoms with van der Waals surface area (Å²) in [7, 11) is 3.61. The van der Waals surface area contributed by atoms with Gasteiger partial charge in [-0.15, -0.1) is 35.3 Å². The van der Waals surface area contributed by atoms with Gasteiger partial charge in [0.05, 0.1) is 10.6 Å². The van der Waals surface area contributed by atoms with Gasteiger partial charge in [-0.25, -0.2) is 4.98 Å². The van der Waals surface area contributed by atoms with Gasteiger partial charge in [0.25, 0.3) is 0 Å². The Kier molecular flexibility index (Phi) is 7.93. The summed E-state index contributed by atoms with van der Waals surface area (Å²) in [5, 5.41) is 8.10. The van der Waals surface area contributed by atoms with Gasteiger partial charge in [0.2, 0.25) is 0 Å². The van der Waals surface area contributed by atoms with Gasteiger partial charge in [-0.3, -0.25) is 4.99 Å². The van der Waals surface area contributed by atoms with Crippen LogP contribution in [-0.2, 0) is 17.6 Å². The van der Waals surface area contributed by atoms with Crippen molar-refractivity contribution < 1.29 is 4.74 Å². The van der Waals surface area contributed by atoms with Crippen LogP contribution in [0.3, 0.4) is 0 Å². The Morgan fingerprint density at radius 2 is 2.17 bits per heavy atom. The Morgan fingerprint density at radius 3 is 2.67 bits per heavy atom. The van der Waals surface area contributed by atoms with Crippen LogP contribution in [0.1, 0.15) is 44.0 Å². The summed E-state index contributed by atoms with van der Waals surface area (Å²) in [4.78, 5) is 10.1. The lowest BCUT2D eigenvalue weighted by Crippen LogP contribution is -2.69. The third-order valence-electron chi connectivity index (χ3n) is 5.39. The number of aryl methyl sites for hydroxylation is 1. The SMILES string of the molecule is CCc1cnc(CCNC(=NC)NC2CC(C)(OC)C2(C)C)s1.I. The van der Waals surface area contributed by atoms with E-state index < -0.39 is 0 Å². The molecular formula is C17H31IN4OS. The highest BCUT2D eigenvalue weighted by molar-refractivity contribution is 14.0. The number of guanidine groups is 1. The third-order valence-corrected chi connectivity index (χ3v) is 6.60. The average molecular weight is 466 g/mol. The summed E-state index contributed by atoms with van der Waals surface area (Å²) in [6, 6.07) is 0.366. The lowest BCUT2D eigenvalue weighted by molar-refractivity contribution is -0.176. The molecule has 1 aliphatic carbocycles. The molecule has 2 N–H and O–H groups in total. The van der Waals surface area contributed by atoms with E-state index in [0.29, 0.717) is 6.04 Å². The van der Waals surface area contributed by atoms with Crippen LogP contribution < -0.4 is 10.6 Å². The van der Waals surface area contributed by atoms with E-state index >= 15 is 0 Å². The highest BCUT2D eigenvalue weighted by Crippen LogP contribution is 2.51. The van der Waals surface area contributed by atoms with Gasteiger partial charge in [-0.05, 0) is 19.8 Å². The van der Waals surface area contributed by atoms with Gasteiger partial charge in [-0.1, -0.05) is 20.8 Å². The summed E-state index contributed by atoms with van der Waals surface area (Å²) in [6.07, 6.45) is 4.96. The number of hydrogen-bond acceptors (Lipinski definition) is 4. The van der Waals surface area contributed by atoms with Crippen molar-refractivity contribution in [2.75, 3.05) is 20.7 Å². The van der Waals surface area contributed by atoms with E-state index in [1.807, 2.05) is 13.2 Å². The molecule has 0 saturated heterocycles. The first-order chi connectivity index (χ1) is 10.9. The second-order valence-electron chi connectivity index (χ2n) is 6.88. The third kappa shape index (κ3) is 4.40. The number of ether oxygens (including phenoxy) is 1. The lowest BCUT2D eigenvalue weighted by atomic mass is 9.56. The molecule has 2 unspecified atom stereocenters. The molecule has 2 rings (SSSR count). The Labute approximate surface area is 167 Å². The largest absolute Gasteiger partial charge is 0.378 e. The number of hydrogen-bond donors (Lipinski definition) is 2. The summed E-state index contributed by atoms with van der Waals surface area (Å²) in [6.45, 7) is 9.66. The predicted octanol–water partition coefficient (Wildman–Crippen LogP) is 3.23. The molecule has 0 spiro atoms. The van der Waals surface area contributed by atoms with E-state index in [4.69, 9.17) is 4.74 Å². The van der Waals surface area contributed by atoms with Crippen molar-refractivity contribution in [1.29, 1.82) is 0 Å². The predicted molar refractivity (Wildman–Crippen MR) is 113 cm³/mol. The number of aromatic nitrogens is 1. The summed E-state index contributed by atoms with van der Waals surface area (Å²) >= 11 is 1.80. The van der Waals surface area contributed by atoms with Crippen molar-refractivity contribution in [2.45, 2.75) is 58.6 Å². The number of rotatable bonds is 6. The zero-order valence-electron chi connectivity index (χ0n) is 15.6. The summed E-state index contributed by atoms with van der Waals surface area (Å²) in [5.74, 6) is 0.855. The van der Waals surface area contributed by atoms with E-state index in [0.717, 1.165) is 31.8 Å². The highest BCUT2D eigenvalue weighted by Gasteiger charge is 2.58. The number of halogens is 1. The minimum absolute atomic E-state index is 0. The van der Waals surface area contributed by atoms with Gasteiger partial charge in [0.1, 0.15) is 0 Å². The molecule has 7 heteroatoms. The molecule has 138 valence electrons. The van der Waals surface area contributed by atoms with Gasteiger partial charge in [-0.2, -0.15) is 0 Å². The van der Waals surface area contributed by atoms with Gasteiger partial charge in [0.15, 0.2) is 5.96 Å². The topological polar surface area (TPSA) is 58.5 Å².